The number of benzene rings is 1. The van der Waals surface area contributed by atoms with Gasteiger partial charge in [-0.25, -0.2) is 0 Å². The van der Waals surface area contributed by atoms with E-state index in [1.54, 1.807) is 36.4 Å². The maximum Gasteiger partial charge on any atom is 0.290 e. The van der Waals surface area contributed by atoms with E-state index in [0.717, 1.165) is 6.42 Å². The lowest BCUT2D eigenvalue weighted by molar-refractivity contribution is -0.119. The highest BCUT2D eigenvalue weighted by Crippen LogP contribution is 2.23. The van der Waals surface area contributed by atoms with Crippen LogP contribution < -0.4 is 5.32 Å². The van der Waals surface area contributed by atoms with E-state index in [0.29, 0.717) is 24.2 Å². The largest absolute Gasteiger partial charge is 0.459 e. The minimum atomic E-state index is -0.567. The van der Waals surface area contributed by atoms with E-state index in [1.807, 2.05) is 0 Å². The van der Waals surface area contributed by atoms with Crippen molar-refractivity contribution in [2.24, 2.45) is 0 Å². The molecule has 6 nitrogen and oxygen atoms in total. The number of carbonyl (C=O) groups is 3. The number of likely N-dealkylation sites (tertiary alicyclic amines) is 1. The van der Waals surface area contributed by atoms with Gasteiger partial charge in [0.05, 0.1) is 12.0 Å². The van der Waals surface area contributed by atoms with Crippen LogP contribution in [0, 0.1) is 0 Å². The van der Waals surface area contributed by atoms with Crippen molar-refractivity contribution in [3.8, 4) is 0 Å². The molecule has 1 fully saturated rings. The van der Waals surface area contributed by atoms with E-state index in [-0.39, 0.29) is 23.4 Å². The Kier molecular flexibility index (Phi) is 4.46. The lowest BCUT2D eigenvalue weighted by Crippen LogP contribution is -2.43. The third-order valence-corrected chi connectivity index (χ3v) is 4.11. The van der Waals surface area contributed by atoms with Gasteiger partial charge in [0, 0.05) is 12.1 Å². The maximum absolute atomic E-state index is 12.6. The molecule has 1 aliphatic rings. The Morgan fingerprint density at radius 3 is 2.67 bits per heavy atom. The number of anilines is 1. The van der Waals surface area contributed by atoms with Gasteiger partial charge in [-0.05, 0) is 44.0 Å². The summed E-state index contributed by atoms with van der Waals surface area (Å²) < 4.78 is 5.14. The fourth-order valence-electron chi connectivity index (χ4n) is 2.94. The zero-order chi connectivity index (χ0) is 17.1. The third kappa shape index (κ3) is 3.08. The normalized spacial score (nSPS) is 16.9. The molecule has 1 aromatic heterocycles. The highest BCUT2D eigenvalue weighted by molar-refractivity contribution is 6.06. The van der Waals surface area contributed by atoms with E-state index < -0.39 is 6.04 Å². The molecule has 2 heterocycles. The van der Waals surface area contributed by atoms with Crippen LogP contribution in [0.5, 0.6) is 0 Å². The van der Waals surface area contributed by atoms with E-state index in [1.165, 1.54) is 18.1 Å². The monoisotopic (exact) mass is 326 g/mol. The van der Waals surface area contributed by atoms with Crippen LogP contribution in [0.2, 0.25) is 0 Å². The summed E-state index contributed by atoms with van der Waals surface area (Å²) in [5.41, 5.74) is 0.917. The molecule has 2 amide bonds. The van der Waals surface area contributed by atoms with Crippen molar-refractivity contribution in [3.63, 3.8) is 0 Å². The Hall–Kier alpha value is -2.89. The molecule has 1 unspecified atom stereocenters. The summed E-state index contributed by atoms with van der Waals surface area (Å²) >= 11 is 0. The van der Waals surface area contributed by atoms with Gasteiger partial charge in [-0.15, -0.1) is 0 Å². The SMILES string of the molecule is CC(=O)c1ccccc1NC(=O)C1CCCN1C(=O)c1ccco1. The first-order chi connectivity index (χ1) is 11.6. The lowest BCUT2D eigenvalue weighted by Gasteiger charge is -2.23. The summed E-state index contributed by atoms with van der Waals surface area (Å²) in [7, 11) is 0. The second kappa shape index (κ2) is 6.70. The van der Waals surface area contributed by atoms with Crippen molar-refractivity contribution in [3.05, 3.63) is 54.0 Å². The Balaban J connectivity index is 1.77. The average Bonchev–Trinajstić information content (AvgIpc) is 3.26. The number of furan rings is 1. The molecule has 0 spiro atoms. The van der Waals surface area contributed by atoms with Crippen LogP contribution in [0.3, 0.4) is 0 Å². The minimum Gasteiger partial charge on any atom is -0.459 e. The summed E-state index contributed by atoms with van der Waals surface area (Å²) in [6.45, 7) is 1.96. The van der Waals surface area contributed by atoms with Crippen LogP contribution in [-0.2, 0) is 4.79 Å². The number of amides is 2. The molecule has 0 radical (unpaired) electrons. The number of nitrogens with zero attached hydrogens (tertiary/aromatic N) is 1. The molecule has 0 saturated carbocycles. The van der Waals surface area contributed by atoms with Gasteiger partial charge in [-0.2, -0.15) is 0 Å². The molecular formula is C18H18N2O4. The van der Waals surface area contributed by atoms with Crippen LogP contribution in [-0.4, -0.2) is 35.1 Å². The van der Waals surface area contributed by atoms with Crippen LogP contribution >= 0.6 is 0 Å². The van der Waals surface area contributed by atoms with E-state index in [4.69, 9.17) is 4.42 Å². The zero-order valence-corrected chi connectivity index (χ0v) is 13.3. The molecule has 6 heteroatoms. The summed E-state index contributed by atoms with van der Waals surface area (Å²) in [4.78, 5) is 38.3. The highest BCUT2D eigenvalue weighted by atomic mass is 16.3. The van der Waals surface area contributed by atoms with Crippen molar-refractivity contribution < 1.29 is 18.8 Å². The molecule has 1 aliphatic heterocycles. The third-order valence-electron chi connectivity index (χ3n) is 4.11. The predicted octanol–water partition coefficient (Wildman–Crippen LogP) is 2.73. The smallest absolute Gasteiger partial charge is 0.290 e. The topological polar surface area (TPSA) is 79.6 Å². The molecule has 124 valence electrons. The van der Waals surface area contributed by atoms with E-state index in [2.05, 4.69) is 5.32 Å². The van der Waals surface area contributed by atoms with Crippen molar-refractivity contribution in [2.45, 2.75) is 25.8 Å². The first-order valence-electron chi connectivity index (χ1n) is 7.83. The minimum absolute atomic E-state index is 0.124. The number of para-hydroxylation sites is 1. The average molecular weight is 326 g/mol. The second-order valence-electron chi connectivity index (χ2n) is 5.72. The van der Waals surface area contributed by atoms with Gasteiger partial charge >= 0.3 is 0 Å². The predicted molar refractivity (Wildman–Crippen MR) is 87.8 cm³/mol. The summed E-state index contributed by atoms with van der Waals surface area (Å²) in [5, 5.41) is 2.78. The van der Waals surface area contributed by atoms with Gasteiger partial charge in [0.2, 0.25) is 5.91 Å². The van der Waals surface area contributed by atoms with Crippen molar-refractivity contribution in [1.29, 1.82) is 0 Å². The quantitative estimate of drug-likeness (QED) is 0.876. The molecule has 0 aliphatic carbocycles. The maximum atomic E-state index is 12.6. The number of ketones is 1. The van der Waals surface area contributed by atoms with Crippen LogP contribution in [0.25, 0.3) is 0 Å². The van der Waals surface area contributed by atoms with Crippen molar-refractivity contribution in [2.75, 3.05) is 11.9 Å². The molecular weight excluding hydrogens is 308 g/mol. The zero-order valence-electron chi connectivity index (χ0n) is 13.3. The summed E-state index contributed by atoms with van der Waals surface area (Å²) in [6.07, 6.45) is 2.76. The lowest BCUT2D eigenvalue weighted by atomic mass is 10.1. The van der Waals surface area contributed by atoms with Crippen LogP contribution in [0.4, 0.5) is 5.69 Å². The summed E-state index contributed by atoms with van der Waals surface area (Å²) in [6, 6.07) is 9.50. The molecule has 1 aromatic carbocycles. The van der Waals surface area contributed by atoms with Gasteiger partial charge in [0.15, 0.2) is 11.5 Å². The molecule has 2 aromatic rings. The van der Waals surface area contributed by atoms with E-state index in [9.17, 15) is 14.4 Å². The van der Waals surface area contributed by atoms with Crippen molar-refractivity contribution in [1.82, 2.24) is 4.90 Å². The van der Waals surface area contributed by atoms with Gasteiger partial charge < -0.3 is 14.6 Å². The molecule has 1 atom stereocenters. The molecule has 24 heavy (non-hydrogen) atoms. The first kappa shape index (κ1) is 16.0. The fourth-order valence-corrected chi connectivity index (χ4v) is 2.94. The van der Waals surface area contributed by atoms with Gasteiger partial charge in [-0.3, -0.25) is 14.4 Å². The first-order valence-corrected chi connectivity index (χ1v) is 7.83. The van der Waals surface area contributed by atoms with Gasteiger partial charge in [-0.1, -0.05) is 12.1 Å². The second-order valence-corrected chi connectivity index (χ2v) is 5.72. The number of Topliss-reactive ketones (excluding diaryl/α,β-unsaturated/α-hetero) is 1. The standard InChI is InChI=1S/C18H18N2O4/c1-12(21)13-6-2-3-7-14(13)19-17(22)15-8-4-10-20(15)18(23)16-9-5-11-24-16/h2-3,5-7,9,11,15H,4,8,10H2,1H3,(H,19,22). The van der Waals surface area contributed by atoms with Crippen molar-refractivity contribution >= 4 is 23.3 Å². The number of hydrogen-bond donors (Lipinski definition) is 1. The summed E-state index contributed by atoms with van der Waals surface area (Å²) in [5.74, 6) is -0.488. The Bertz CT molecular complexity index is 767. The molecule has 0 bridgehead atoms. The number of carbonyl (C=O) groups excluding carboxylic acids is 3. The van der Waals surface area contributed by atoms with Crippen LogP contribution in [0.15, 0.2) is 47.1 Å². The highest BCUT2D eigenvalue weighted by Gasteiger charge is 2.35. The Labute approximate surface area is 139 Å². The Morgan fingerprint density at radius 1 is 1.17 bits per heavy atom. The number of rotatable bonds is 4. The molecule has 3 rings (SSSR count). The molecule has 1 saturated heterocycles. The van der Waals surface area contributed by atoms with E-state index >= 15 is 0 Å². The van der Waals surface area contributed by atoms with Gasteiger partial charge in [0.1, 0.15) is 6.04 Å². The number of nitrogens with one attached hydrogen (secondary N) is 1. The van der Waals surface area contributed by atoms with Crippen LogP contribution in [0.1, 0.15) is 40.7 Å². The fraction of sp³-hybridized carbons (Fsp3) is 0.278. The molecule has 1 N–H and O–H groups in total. The van der Waals surface area contributed by atoms with Gasteiger partial charge in [0.25, 0.3) is 5.91 Å². The number of hydrogen-bond acceptors (Lipinski definition) is 4. The Morgan fingerprint density at radius 2 is 1.96 bits per heavy atom.